The van der Waals surface area contributed by atoms with Crippen molar-refractivity contribution in [3.63, 3.8) is 0 Å². The maximum atomic E-state index is 12.6. The molecule has 166 valence electrons. The molecule has 2 N–H and O–H groups in total. The van der Waals surface area contributed by atoms with Gasteiger partial charge in [-0.15, -0.1) is 0 Å². The number of hydrogen-bond acceptors (Lipinski definition) is 5. The number of para-hydroxylation sites is 2. The standard InChI is InChI=1S/C23H26N6O3/c1-32-20-5-3-2-4-19(20)26-23(31)27-21-8-13-25-29(21)18-9-14-28(15-10-18)22(30)16-17-6-11-24-12-7-17/h2-8,11-13,18H,9-10,14-16H2,1H3,(H2,26,27,31). The third-order valence-corrected chi connectivity index (χ3v) is 5.53. The Morgan fingerprint density at radius 1 is 1.03 bits per heavy atom. The number of rotatable bonds is 6. The molecule has 2 aromatic heterocycles. The number of amides is 3. The third-order valence-electron chi connectivity index (χ3n) is 5.53. The Hall–Kier alpha value is -3.88. The molecule has 1 aliphatic rings. The zero-order valence-electron chi connectivity index (χ0n) is 17.9. The lowest BCUT2D eigenvalue weighted by Gasteiger charge is -2.32. The van der Waals surface area contributed by atoms with Crippen LogP contribution in [0.2, 0.25) is 0 Å². The van der Waals surface area contributed by atoms with Gasteiger partial charge in [-0.1, -0.05) is 12.1 Å². The Labute approximate surface area is 186 Å². The summed E-state index contributed by atoms with van der Waals surface area (Å²) in [7, 11) is 1.56. The highest BCUT2D eigenvalue weighted by Gasteiger charge is 2.26. The fourth-order valence-corrected chi connectivity index (χ4v) is 3.87. The predicted octanol–water partition coefficient (Wildman–Crippen LogP) is 3.34. The van der Waals surface area contributed by atoms with E-state index in [1.807, 2.05) is 33.8 Å². The summed E-state index contributed by atoms with van der Waals surface area (Å²) in [6.45, 7) is 1.31. The smallest absolute Gasteiger partial charge is 0.324 e. The number of aromatic nitrogens is 3. The molecular formula is C23H26N6O3. The molecule has 3 aromatic rings. The van der Waals surface area contributed by atoms with E-state index in [1.165, 1.54) is 0 Å². The molecule has 1 aromatic carbocycles. The van der Waals surface area contributed by atoms with E-state index < -0.39 is 0 Å². The van der Waals surface area contributed by atoms with Gasteiger partial charge >= 0.3 is 6.03 Å². The Bertz CT molecular complexity index is 1060. The highest BCUT2D eigenvalue weighted by atomic mass is 16.5. The monoisotopic (exact) mass is 434 g/mol. The highest BCUT2D eigenvalue weighted by Crippen LogP contribution is 2.27. The molecular weight excluding hydrogens is 408 g/mol. The molecule has 0 atom stereocenters. The van der Waals surface area contributed by atoms with Crippen LogP contribution in [0, 0.1) is 0 Å². The molecule has 9 heteroatoms. The van der Waals surface area contributed by atoms with E-state index in [0.29, 0.717) is 36.8 Å². The minimum Gasteiger partial charge on any atom is -0.495 e. The molecule has 0 saturated carbocycles. The van der Waals surface area contributed by atoms with Crippen molar-refractivity contribution in [1.82, 2.24) is 19.7 Å². The second-order valence-electron chi connectivity index (χ2n) is 7.58. The average Bonchev–Trinajstić information content (AvgIpc) is 3.28. The van der Waals surface area contributed by atoms with E-state index in [4.69, 9.17) is 4.74 Å². The summed E-state index contributed by atoms with van der Waals surface area (Å²) in [5.74, 6) is 1.31. The summed E-state index contributed by atoms with van der Waals surface area (Å²) in [4.78, 5) is 31.0. The van der Waals surface area contributed by atoms with E-state index in [9.17, 15) is 9.59 Å². The molecule has 1 saturated heterocycles. The molecule has 0 radical (unpaired) electrons. The highest BCUT2D eigenvalue weighted by molar-refractivity contribution is 6.00. The second-order valence-corrected chi connectivity index (χ2v) is 7.58. The van der Waals surface area contributed by atoms with Crippen LogP contribution in [0.15, 0.2) is 61.1 Å². The van der Waals surface area contributed by atoms with E-state index >= 15 is 0 Å². The molecule has 1 fully saturated rings. The van der Waals surface area contributed by atoms with Crippen LogP contribution in [0.3, 0.4) is 0 Å². The lowest BCUT2D eigenvalue weighted by molar-refractivity contribution is -0.131. The van der Waals surface area contributed by atoms with E-state index in [0.717, 1.165) is 18.4 Å². The Kier molecular flexibility index (Phi) is 6.64. The molecule has 32 heavy (non-hydrogen) atoms. The van der Waals surface area contributed by atoms with Crippen molar-refractivity contribution in [2.45, 2.75) is 25.3 Å². The number of nitrogens with one attached hydrogen (secondary N) is 2. The number of carbonyl (C=O) groups excluding carboxylic acids is 2. The van der Waals surface area contributed by atoms with Gasteiger partial charge in [-0.25, -0.2) is 9.48 Å². The summed E-state index contributed by atoms with van der Waals surface area (Å²) >= 11 is 0. The molecule has 3 amide bonds. The van der Waals surface area contributed by atoms with Gasteiger partial charge in [-0.2, -0.15) is 5.10 Å². The van der Waals surface area contributed by atoms with Gasteiger partial charge in [0.05, 0.1) is 31.5 Å². The van der Waals surface area contributed by atoms with Crippen molar-refractivity contribution in [2.24, 2.45) is 0 Å². The number of ether oxygens (including phenoxy) is 1. The first-order valence-electron chi connectivity index (χ1n) is 10.6. The summed E-state index contributed by atoms with van der Waals surface area (Å²) in [5, 5.41) is 10.1. The number of pyridine rings is 1. The quantitative estimate of drug-likeness (QED) is 0.620. The average molecular weight is 435 g/mol. The lowest BCUT2D eigenvalue weighted by atomic mass is 10.0. The number of carbonyl (C=O) groups is 2. The molecule has 1 aliphatic heterocycles. The van der Waals surface area contributed by atoms with Crippen molar-refractivity contribution in [3.8, 4) is 5.75 Å². The van der Waals surface area contributed by atoms with Gasteiger partial charge in [0.1, 0.15) is 11.6 Å². The minimum absolute atomic E-state index is 0.108. The van der Waals surface area contributed by atoms with Crippen LogP contribution in [0.25, 0.3) is 0 Å². The van der Waals surface area contributed by atoms with E-state index in [-0.39, 0.29) is 18.0 Å². The Morgan fingerprint density at radius 3 is 2.53 bits per heavy atom. The van der Waals surface area contributed by atoms with Crippen LogP contribution >= 0.6 is 0 Å². The fraction of sp³-hybridized carbons (Fsp3) is 0.304. The summed E-state index contributed by atoms with van der Waals surface area (Å²) in [6.07, 6.45) is 6.99. The number of benzene rings is 1. The number of urea groups is 1. The molecule has 4 rings (SSSR count). The normalized spacial score (nSPS) is 14.1. The minimum atomic E-state index is -0.374. The van der Waals surface area contributed by atoms with Crippen molar-refractivity contribution in [2.75, 3.05) is 30.8 Å². The number of likely N-dealkylation sites (tertiary alicyclic amines) is 1. The molecule has 0 aliphatic carbocycles. The Balaban J connectivity index is 1.33. The molecule has 0 unspecified atom stereocenters. The first-order valence-corrected chi connectivity index (χ1v) is 10.6. The van der Waals surface area contributed by atoms with Crippen LogP contribution in [-0.4, -0.2) is 51.8 Å². The van der Waals surface area contributed by atoms with Gasteiger partial charge in [-0.3, -0.25) is 15.1 Å². The summed E-state index contributed by atoms with van der Waals surface area (Å²) in [6, 6.07) is 12.4. The maximum Gasteiger partial charge on any atom is 0.324 e. The predicted molar refractivity (Wildman–Crippen MR) is 121 cm³/mol. The van der Waals surface area contributed by atoms with Gasteiger partial charge in [0, 0.05) is 31.5 Å². The van der Waals surface area contributed by atoms with Gasteiger partial charge < -0.3 is 15.0 Å². The van der Waals surface area contributed by atoms with Gasteiger partial charge in [0.25, 0.3) is 0 Å². The van der Waals surface area contributed by atoms with Crippen molar-refractivity contribution >= 4 is 23.4 Å². The zero-order valence-corrected chi connectivity index (χ0v) is 17.9. The van der Waals surface area contributed by atoms with Crippen LogP contribution in [-0.2, 0) is 11.2 Å². The largest absolute Gasteiger partial charge is 0.495 e. The van der Waals surface area contributed by atoms with E-state index in [2.05, 4.69) is 20.7 Å². The summed E-state index contributed by atoms with van der Waals surface area (Å²) in [5.41, 5.74) is 1.55. The number of piperidine rings is 1. The van der Waals surface area contributed by atoms with Crippen molar-refractivity contribution in [3.05, 3.63) is 66.6 Å². The fourth-order valence-electron chi connectivity index (χ4n) is 3.87. The first-order chi connectivity index (χ1) is 15.6. The van der Waals surface area contributed by atoms with Crippen molar-refractivity contribution < 1.29 is 14.3 Å². The number of hydrogen-bond donors (Lipinski definition) is 2. The van der Waals surface area contributed by atoms with Gasteiger partial charge in [0.15, 0.2) is 0 Å². The zero-order chi connectivity index (χ0) is 22.3. The van der Waals surface area contributed by atoms with Crippen LogP contribution in [0.5, 0.6) is 5.75 Å². The van der Waals surface area contributed by atoms with E-state index in [1.54, 1.807) is 43.9 Å². The van der Waals surface area contributed by atoms with Gasteiger partial charge in [-0.05, 0) is 42.7 Å². The first kappa shape index (κ1) is 21.4. The Morgan fingerprint density at radius 2 is 1.78 bits per heavy atom. The molecule has 9 nitrogen and oxygen atoms in total. The number of nitrogens with zero attached hydrogens (tertiary/aromatic N) is 4. The van der Waals surface area contributed by atoms with Crippen LogP contribution < -0.4 is 15.4 Å². The second kappa shape index (κ2) is 9.95. The molecule has 3 heterocycles. The summed E-state index contributed by atoms with van der Waals surface area (Å²) < 4.78 is 7.10. The maximum absolute atomic E-state index is 12.6. The van der Waals surface area contributed by atoms with Crippen LogP contribution in [0.4, 0.5) is 16.3 Å². The number of methoxy groups -OCH3 is 1. The SMILES string of the molecule is COc1ccccc1NC(=O)Nc1ccnn1C1CCN(C(=O)Cc2ccncc2)CC1. The third kappa shape index (κ3) is 5.05. The van der Waals surface area contributed by atoms with Crippen molar-refractivity contribution in [1.29, 1.82) is 0 Å². The topological polar surface area (TPSA) is 101 Å². The van der Waals surface area contributed by atoms with Gasteiger partial charge in [0.2, 0.25) is 5.91 Å². The molecule has 0 bridgehead atoms. The molecule has 0 spiro atoms. The van der Waals surface area contributed by atoms with Crippen LogP contribution in [0.1, 0.15) is 24.4 Å². The lowest BCUT2D eigenvalue weighted by Crippen LogP contribution is -2.40. The number of anilines is 2.